The molecule has 2 heterocycles. The predicted molar refractivity (Wildman–Crippen MR) is 49.1 cm³/mol. The summed E-state index contributed by atoms with van der Waals surface area (Å²) < 4.78 is 14.4. The van der Waals surface area contributed by atoms with Crippen LogP contribution < -0.4 is 0 Å². The molecule has 0 bridgehead atoms. The molecular weight excluding hydrogens is 230 g/mol. The molecule has 2 aromatic rings. The molecule has 14 heavy (non-hydrogen) atoms. The minimum absolute atomic E-state index is 0.0306. The van der Waals surface area contributed by atoms with Crippen molar-refractivity contribution in [2.75, 3.05) is 0 Å². The van der Waals surface area contributed by atoms with Crippen molar-refractivity contribution in [2.45, 2.75) is 0 Å². The Hall–Kier alpha value is -1.20. The quantitative estimate of drug-likeness (QED) is 0.708. The highest BCUT2D eigenvalue weighted by molar-refractivity contribution is 6.30. The van der Waals surface area contributed by atoms with Crippen LogP contribution in [0.2, 0.25) is 10.3 Å². The van der Waals surface area contributed by atoms with Crippen LogP contribution in [0.4, 0.5) is 4.39 Å². The van der Waals surface area contributed by atoms with E-state index in [4.69, 9.17) is 23.2 Å². The van der Waals surface area contributed by atoms with Crippen LogP contribution in [0.5, 0.6) is 0 Å². The van der Waals surface area contributed by atoms with Crippen molar-refractivity contribution < 1.29 is 4.39 Å². The molecule has 0 aliphatic rings. The second-order valence-electron chi connectivity index (χ2n) is 2.41. The molecule has 0 radical (unpaired) electrons. The van der Waals surface area contributed by atoms with Crippen molar-refractivity contribution in [3.8, 4) is 5.82 Å². The molecule has 2 rings (SSSR count). The average Bonchev–Trinajstić information content (AvgIpc) is 2.56. The van der Waals surface area contributed by atoms with Gasteiger partial charge in [0, 0.05) is 0 Å². The lowest BCUT2D eigenvalue weighted by molar-refractivity contribution is 0.592. The van der Waals surface area contributed by atoms with E-state index in [0.717, 1.165) is 6.20 Å². The molecule has 0 amide bonds. The maximum absolute atomic E-state index is 13.2. The first-order valence-corrected chi connectivity index (χ1v) is 4.31. The van der Waals surface area contributed by atoms with E-state index in [2.05, 4.69) is 15.1 Å². The zero-order valence-corrected chi connectivity index (χ0v) is 8.17. The Bertz CT molecular complexity index is 470. The van der Waals surface area contributed by atoms with E-state index in [0.29, 0.717) is 5.02 Å². The Labute approximate surface area is 88.3 Å². The Morgan fingerprint density at radius 3 is 2.71 bits per heavy atom. The Balaban J connectivity index is 2.55. The van der Waals surface area contributed by atoms with Gasteiger partial charge in [0.2, 0.25) is 5.28 Å². The average molecular weight is 233 g/mol. The molecule has 7 heteroatoms. The number of hydrogen-bond acceptors (Lipinski definition) is 3. The molecule has 2 aromatic heterocycles. The van der Waals surface area contributed by atoms with Gasteiger partial charge in [0.25, 0.3) is 0 Å². The van der Waals surface area contributed by atoms with E-state index in [1.807, 2.05) is 0 Å². The molecule has 0 aliphatic carbocycles. The molecule has 0 aromatic carbocycles. The summed E-state index contributed by atoms with van der Waals surface area (Å²) >= 11 is 11.1. The minimum atomic E-state index is -0.617. The van der Waals surface area contributed by atoms with Gasteiger partial charge >= 0.3 is 0 Å². The van der Waals surface area contributed by atoms with Crippen molar-refractivity contribution in [3.05, 3.63) is 34.7 Å². The van der Waals surface area contributed by atoms with Crippen molar-refractivity contribution in [2.24, 2.45) is 0 Å². The van der Waals surface area contributed by atoms with Crippen molar-refractivity contribution >= 4 is 23.2 Å². The van der Waals surface area contributed by atoms with Gasteiger partial charge in [0.1, 0.15) is 0 Å². The number of hydrogen-bond donors (Lipinski definition) is 0. The molecule has 0 unspecified atom stereocenters. The van der Waals surface area contributed by atoms with Crippen molar-refractivity contribution in [3.63, 3.8) is 0 Å². The largest absolute Gasteiger partial charge is 0.224 e. The fraction of sp³-hybridized carbons (Fsp3) is 0. The monoisotopic (exact) mass is 232 g/mol. The summed E-state index contributed by atoms with van der Waals surface area (Å²) in [6.45, 7) is 0. The van der Waals surface area contributed by atoms with Gasteiger partial charge in [-0.25, -0.2) is 14.1 Å². The van der Waals surface area contributed by atoms with Gasteiger partial charge < -0.3 is 0 Å². The maximum atomic E-state index is 13.2. The Morgan fingerprint density at radius 2 is 2.07 bits per heavy atom. The zero-order valence-electron chi connectivity index (χ0n) is 6.65. The van der Waals surface area contributed by atoms with E-state index in [1.165, 1.54) is 17.1 Å². The highest BCUT2D eigenvalue weighted by Gasteiger charge is 2.08. The van der Waals surface area contributed by atoms with Crippen molar-refractivity contribution in [1.82, 2.24) is 19.7 Å². The molecule has 4 nitrogen and oxygen atoms in total. The van der Waals surface area contributed by atoms with Crippen LogP contribution in [0.1, 0.15) is 0 Å². The minimum Gasteiger partial charge on any atom is -0.223 e. The number of halogens is 3. The number of aromatic nitrogens is 4. The summed E-state index contributed by atoms with van der Waals surface area (Å²) in [6.07, 6.45) is 3.76. The smallest absolute Gasteiger partial charge is 0.223 e. The van der Waals surface area contributed by atoms with E-state index < -0.39 is 5.82 Å². The standard InChI is InChI=1S/C7H3Cl2FN4/c8-4-1-12-14(3-4)6-5(10)2-11-7(9)13-6/h1-3H. The highest BCUT2D eigenvalue weighted by Crippen LogP contribution is 2.13. The molecule has 72 valence electrons. The van der Waals surface area contributed by atoms with Gasteiger partial charge in [-0.05, 0) is 11.6 Å². The second kappa shape index (κ2) is 3.51. The fourth-order valence-electron chi connectivity index (χ4n) is 0.915. The summed E-state index contributed by atoms with van der Waals surface area (Å²) in [5.74, 6) is -0.647. The zero-order chi connectivity index (χ0) is 10.1. The lowest BCUT2D eigenvalue weighted by Gasteiger charge is -2.00. The van der Waals surface area contributed by atoms with Gasteiger partial charge in [0.15, 0.2) is 11.6 Å². The normalized spacial score (nSPS) is 10.5. The molecule has 0 aliphatic heterocycles. The van der Waals surface area contributed by atoms with Crippen LogP contribution in [0.15, 0.2) is 18.6 Å². The van der Waals surface area contributed by atoms with Crippen LogP contribution in [-0.4, -0.2) is 19.7 Å². The summed E-state index contributed by atoms with van der Waals surface area (Å²) in [6, 6.07) is 0. The number of nitrogens with zero attached hydrogens (tertiary/aromatic N) is 4. The molecule has 0 saturated carbocycles. The molecule has 0 fully saturated rings. The molecular formula is C7H3Cl2FN4. The lowest BCUT2D eigenvalue weighted by atomic mass is 10.5. The summed E-state index contributed by atoms with van der Waals surface area (Å²) in [7, 11) is 0. The molecule has 0 atom stereocenters. The van der Waals surface area contributed by atoms with Gasteiger partial charge in [0.05, 0.1) is 23.6 Å². The van der Waals surface area contributed by atoms with Crippen LogP contribution >= 0.6 is 23.2 Å². The van der Waals surface area contributed by atoms with Crippen LogP contribution in [0.3, 0.4) is 0 Å². The first-order valence-electron chi connectivity index (χ1n) is 3.55. The van der Waals surface area contributed by atoms with Crippen LogP contribution in [0, 0.1) is 5.82 Å². The summed E-state index contributed by atoms with van der Waals surface area (Å²) in [4.78, 5) is 7.15. The van der Waals surface area contributed by atoms with Crippen LogP contribution in [-0.2, 0) is 0 Å². The maximum Gasteiger partial charge on any atom is 0.224 e. The number of rotatable bonds is 1. The van der Waals surface area contributed by atoms with E-state index in [-0.39, 0.29) is 11.1 Å². The fourth-order valence-corrected chi connectivity index (χ4v) is 1.18. The third-order valence-electron chi connectivity index (χ3n) is 1.46. The SMILES string of the molecule is Fc1cnc(Cl)nc1-n1cc(Cl)cn1. The second-order valence-corrected chi connectivity index (χ2v) is 3.19. The molecule has 0 saturated heterocycles. The Kier molecular flexibility index (Phi) is 2.35. The van der Waals surface area contributed by atoms with Crippen molar-refractivity contribution in [1.29, 1.82) is 0 Å². The topological polar surface area (TPSA) is 43.6 Å². The lowest BCUT2D eigenvalue weighted by Crippen LogP contribution is -2.02. The molecule has 0 N–H and O–H groups in total. The summed E-state index contributed by atoms with van der Waals surface area (Å²) in [5.41, 5.74) is 0. The van der Waals surface area contributed by atoms with Crippen LogP contribution in [0.25, 0.3) is 5.82 Å². The summed E-state index contributed by atoms with van der Waals surface area (Å²) in [5, 5.41) is 4.12. The first kappa shape index (κ1) is 9.36. The van der Waals surface area contributed by atoms with E-state index in [9.17, 15) is 4.39 Å². The predicted octanol–water partition coefficient (Wildman–Crippen LogP) is 2.11. The Morgan fingerprint density at radius 1 is 1.29 bits per heavy atom. The first-order chi connectivity index (χ1) is 6.66. The third kappa shape index (κ3) is 1.69. The van der Waals surface area contributed by atoms with E-state index in [1.54, 1.807) is 0 Å². The molecule has 0 spiro atoms. The van der Waals surface area contributed by atoms with Gasteiger partial charge in [-0.15, -0.1) is 0 Å². The van der Waals surface area contributed by atoms with E-state index >= 15 is 0 Å². The van der Waals surface area contributed by atoms with Gasteiger partial charge in [-0.3, -0.25) is 0 Å². The van der Waals surface area contributed by atoms with Gasteiger partial charge in [-0.2, -0.15) is 10.1 Å². The third-order valence-corrected chi connectivity index (χ3v) is 1.84. The highest BCUT2D eigenvalue weighted by atomic mass is 35.5. The van der Waals surface area contributed by atoms with Gasteiger partial charge in [-0.1, -0.05) is 11.6 Å².